The minimum atomic E-state index is -0.758. The first-order valence-electron chi connectivity index (χ1n) is 9.22. The summed E-state index contributed by atoms with van der Waals surface area (Å²) in [5, 5.41) is 2.77. The predicted molar refractivity (Wildman–Crippen MR) is 98.5 cm³/mol. The van der Waals surface area contributed by atoms with Crippen molar-refractivity contribution in [1.82, 2.24) is 10.2 Å². The third-order valence-corrected chi connectivity index (χ3v) is 4.95. The van der Waals surface area contributed by atoms with Crippen LogP contribution in [-0.2, 0) is 19.1 Å². The summed E-state index contributed by atoms with van der Waals surface area (Å²) in [4.78, 5) is 38.2. The Bertz CT molecular complexity index is 517. The normalized spacial score (nSPS) is 17.4. The first kappa shape index (κ1) is 22.3. The number of esters is 1. The van der Waals surface area contributed by atoms with Crippen molar-refractivity contribution < 1.29 is 23.9 Å². The van der Waals surface area contributed by atoms with Crippen LogP contribution in [0.4, 0.5) is 4.79 Å². The van der Waals surface area contributed by atoms with E-state index in [-0.39, 0.29) is 23.8 Å². The number of nitrogens with one attached hydrogen (secondary N) is 1. The van der Waals surface area contributed by atoms with Crippen molar-refractivity contribution in [3.63, 3.8) is 0 Å². The second-order valence-corrected chi connectivity index (χ2v) is 8.61. The van der Waals surface area contributed by atoms with Crippen LogP contribution in [0.3, 0.4) is 0 Å². The van der Waals surface area contributed by atoms with E-state index in [9.17, 15) is 14.4 Å². The SMILES string of the molecule is COC(=O)CC1CCN(C(=O)C(C)(C)C(C)NC(=O)OC(C)(C)C)CC1. The molecule has 0 aromatic heterocycles. The number of amides is 2. The van der Waals surface area contributed by atoms with E-state index in [1.165, 1.54) is 7.11 Å². The minimum absolute atomic E-state index is 0.00224. The number of hydrogen-bond donors (Lipinski definition) is 1. The molecule has 0 bridgehead atoms. The smallest absolute Gasteiger partial charge is 0.407 e. The number of carbonyl (C=O) groups excluding carboxylic acids is 3. The van der Waals surface area contributed by atoms with Crippen molar-refractivity contribution in [2.45, 2.75) is 72.4 Å². The van der Waals surface area contributed by atoms with Crippen molar-refractivity contribution in [1.29, 1.82) is 0 Å². The van der Waals surface area contributed by atoms with Gasteiger partial charge in [0.05, 0.1) is 12.5 Å². The van der Waals surface area contributed by atoms with Crippen LogP contribution in [0.1, 0.15) is 60.8 Å². The highest BCUT2D eigenvalue weighted by Gasteiger charge is 2.39. The molecule has 150 valence electrons. The molecule has 1 aliphatic heterocycles. The van der Waals surface area contributed by atoms with Crippen LogP contribution in [0.5, 0.6) is 0 Å². The molecule has 2 amide bonds. The maximum Gasteiger partial charge on any atom is 0.407 e. The number of rotatable bonds is 5. The van der Waals surface area contributed by atoms with Crippen molar-refractivity contribution in [3.05, 3.63) is 0 Å². The van der Waals surface area contributed by atoms with Gasteiger partial charge in [-0.15, -0.1) is 0 Å². The average Bonchev–Trinajstić information content (AvgIpc) is 2.52. The van der Waals surface area contributed by atoms with Crippen LogP contribution in [0.2, 0.25) is 0 Å². The zero-order valence-corrected chi connectivity index (χ0v) is 17.2. The quantitative estimate of drug-likeness (QED) is 0.752. The van der Waals surface area contributed by atoms with Gasteiger partial charge in [0.15, 0.2) is 0 Å². The largest absolute Gasteiger partial charge is 0.469 e. The molecule has 1 heterocycles. The first-order chi connectivity index (χ1) is 11.9. The van der Waals surface area contributed by atoms with E-state index >= 15 is 0 Å². The molecule has 7 heteroatoms. The fourth-order valence-electron chi connectivity index (χ4n) is 2.92. The summed E-state index contributed by atoms with van der Waals surface area (Å²) in [6.07, 6.45) is 1.44. The van der Waals surface area contributed by atoms with Gasteiger partial charge in [-0.1, -0.05) is 0 Å². The number of methoxy groups -OCH3 is 1. The van der Waals surface area contributed by atoms with Gasteiger partial charge in [0.1, 0.15) is 5.60 Å². The average molecular weight is 370 g/mol. The Kier molecular flexibility index (Phi) is 7.47. The molecule has 1 rings (SSSR count). The Morgan fingerprint density at radius 2 is 1.65 bits per heavy atom. The fraction of sp³-hybridized carbons (Fsp3) is 0.842. The first-order valence-corrected chi connectivity index (χ1v) is 9.22. The Morgan fingerprint density at radius 1 is 1.12 bits per heavy atom. The van der Waals surface area contributed by atoms with Gasteiger partial charge in [-0.3, -0.25) is 9.59 Å². The zero-order valence-electron chi connectivity index (χ0n) is 17.2. The van der Waals surface area contributed by atoms with Gasteiger partial charge >= 0.3 is 12.1 Å². The Labute approximate surface area is 156 Å². The molecule has 1 N–H and O–H groups in total. The zero-order chi connectivity index (χ0) is 20.1. The van der Waals surface area contributed by atoms with Gasteiger partial charge in [0, 0.05) is 25.6 Å². The molecule has 1 atom stereocenters. The molecule has 1 aliphatic rings. The minimum Gasteiger partial charge on any atom is -0.469 e. The lowest BCUT2D eigenvalue weighted by atomic mass is 9.82. The molecule has 26 heavy (non-hydrogen) atoms. The van der Waals surface area contributed by atoms with Crippen molar-refractivity contribution in [2.24, 2.45) is 11.3 Å². The maximum absolute atomic E-state index is 13.0. The molecule has 1 fully saturated rings. The molecule has 0 spiro atoms. The lowest BCUT2D eigenvalue weighted by molar-refractivity contribution is -0.144. The molecule has 0 aromatic rings. The lowest BCUT2D eigenvalue weighted by Gasteiger charge is -2.39. The highest BCUT2D eigenvalue weighted by Crippen LogP contribution is 2.28. The number of ether oxygens (including phenoxy) is 2. The molecule has 1 unspecified atom stereocenters. The van der Waals surface area contributed by atoms with E-state index in [0.29, 0.717) is 19.5 Å². The van der Waals surface area contributed by atoms with Crippen LogP contribution >= 0.6 is 0 Å². The topological polar surface area (TPSA) is 84.9 Å². The van der Waals surface area contributed by atoms with Gasteiger partial charge < -0.3 is 19.7 Å². The molecule has 0 saturated carbocycles. The third kappa shape index (κ3) is 6.50. The summed E-state index contributed by atoms with van der Waals surface area (Å²) in [7, 11) is 1.39. The summed E-state index contributed by atoms with van der Waals surface area (Å²) < 4.78 is 9.98. The summed E-state index contributed by atoms with van der Waals surface area (Å²) in [5.41, 5.74) is -1.34. The molecule has 0 radical (unpaired) electrons. The van der Waals surface area contributed by atoms with E-state index in [1.807, 2.05) is 25.7 Å². The highest BCUT2D eigenvalue weighted by molar-refractivity contribution is 5.83. The van der Waals surface area contributed by atoms with Crippen LogP contribution in [0.15, 0.2) is 0 Å². The number of likely N-dealkylation sites (tertiary alicyclic amines) is 1. The summed E-state index contributed by atoms with van der Waals surface area (Å²) >= 11 is 0. The van der Waals surface area contributed by atoms with E-state index in [2.05, 4.69) is 5.32 Å². The molecule has 0 aliphatic carbocycles. The van der Waals surface area contributed by atoms with E-state index in [1.54, 1.807) is 20.8 Å². The Morgan fingerprint density at radius 3 is 2.12 bits per heavy atom. The fourth-order valence-corrected chi connectivity index (χ4v) is 2.92. The van der Waals surface area contributed by atoms with Gasteiger partial charge in [-0.25, -0.2) is 4.79 Å². The third-order valence-electron chi connectivity index (χ3n) is 4.95. The van der Waals surface area contributed by atoms with E-state index in [4.69, 9.17) is 9.47 Å². The number of hydrogen-bond acceptors (Lipinski definition) is 5. The van der Waals surface area contributed by atoms with E-state index < -0.39 is 17.1 Å². The summed E-state index contributed by atoms with van der Waals surface area (Å²) in [6, 6.07) is -0.377. The number of carbonyl (C=O) groups is 3. The van der Waals surface area contributed by atoms with Gasteiger partial charge in [0.2, 0.25) is 5.91 Å². The van der Waals surface area contributed by atoms with Gasteiger partial charge in [-0.05, 0) is 60.3 Å². The molecule has 0 aromatic carbocycles. The Balaban J connectivity index is 2.59. The molecular weight excluding hydrogens is 336 g/mol. The van der Waals surface area contributed by atoms with Gasteiger partial charge in [0.25, 0.3) is 0 Å². The standard InChI is InChI=1S/C19H34N2O5/c1-13(20-17(24)26-18(2,3)4)19(5,6)16(23)21-10-8-14(9-11-21)12-15(22)25-7/h13-14H,8-12H2,1-7H3,(H,20,24). The number of nitrogens with zero attached hydrogens (tertiary/aromatic N) is 1. The highest BCUT2D eigenvalue weighted by atomic mass is 16.6. The molecule has 7 nitrogen and oxygen atoms in total. The maximum atomic E-state index is 13.0. The Hall–Kier alpha value is -1.79. The van der Waals surface area contributed by atoms with Crippen molar-refractivity contribution >= 4 is 18.0 Å². The van der Waals surface area contributed by atoms with Crippen molar-refractivity contribution in [2.75, 3.05) is 20.2 Å². The number of piperidine rings is 1. The van der Waals surface area contributed by atoms with Crippen molar-refractivity contribution in [3.8, 4) is 0 Å². The predicted octanol–water partition coefficient (Wildman–Crippen LogP) is 2.73. The second-order valence-electron chi connectivity index (χ2n) is 8.61. The van der Waals surface area contributed by atoms with Crippen LogP contribution < -0.4 is 5.32 Å². The van der Waals surface area contributed by atoms with E-state index in [0.717, 1.165) is 12.8 Å². The second kappa shape index (κ2) is 8.73. The van der Waals surface area contributed by atoms with Crippen LogP contribution in [0, 0.1) is 11.3 Å². The lowest BCUT2D eigenvalue weighted by Crippen LogP contribution is -2.54. The molecule has 1 saturated heterocycles. The van der Waals surface area contributed by atoms with Crippen LogP contribution in [-0.4, -0.2) is 54.7 Å². The van der Waals surface area contributed by atoms with Gasteiger partial charge in [-0.2, -0.15) is 0 Å². The van der Waals surface area contributed by atoms with Crippen LogP contribution in [0.25, 0.3) is 0 Å². The monoisotopic (exact) mass is 370 g/mol. The number of alkyl carbamates (subject to hydrolysis) is 1. The summed E-state index contributed by atoms with van der Waals surface area (Å²) in [6.45, 7) is 12.1. The summed E-state index contributed by atoms with van der Waals surface area (Å²) in [5.74, 6) is 0.0507. The molecular formula is C19H34N2O5.